The topological polar surface area (TPSA) is 29.5 Å². The number of alkyl halides is 1. The van der Waals surface area contributed by atoms with Crippen molar-refractivity contribution in [3.05, 3.63) is 0 Å². The molecule has 98 valence electrons. The fourth-order valence-corrected chi connectivity index (χ4v) is 3.62. The first-order chi connectivity index (χ1) is 8.13. The van der Waals surface area contributed by atoms with Crippen molar-refractivity contribution in [3.8, 4) is 0 Å². The van der Waals surface area contributed by atoms with Gasteiger partial charge in [0.2, 0.25) is 5.91 Å². The molecule has 0 spiro atoms. The van der Waals surface area contributed by atoms with Gasteiger partial charge in [0.25, 0.3) is 0 Å². The van der Waals surface area contributed by atoms with Crippen molar-refractivity contribution in [1.82, 2.24) is 4.90 Å². The zero-order valence-electron chi connectivity index (χ0n) is 10.7. The first-order valence-corrected chi connectivity index (χ1v) is 6.98. The van der Waals surface area contributed by atoms with E-state index in [-0.39, 0.29) is 16.7 Å². The highest BCUT2D eigenvalue weighted by molar-refractivity contribution is 6.30. The van der Waals surface area contributed by atoms with Gasteiger partial charge in [-0.05, 0) is 25.2 Å². The van der Waals surface area contributed by atoms with E-state index in [0.29, 0.717) is 12.3 Å². The number of nitrogens with zero attached hydrogens (tertiary/aromatic N) is 1. The Hall–Kier alpha value is -0.280. The maximum absolute atomic E-state index is 12.1. The van der Waals surface area contributed by atoms with Gasteiger partial charge >= 0.3 is 0 Å². The number of rotatable bonds is 4. The summed E-state index contributed by atoms with van der Waals surface area (Å²) in [7, 11) is 1.75. The van der Waals surface area contributed by atoms with E-state index >= 15 is 0 Å². The summed E-state index contributed by atoms with van der Waals surface area (Å²) in [4.78, 5) is 14.1. The molecule has 0 aromatic heterocycles. The zero-order valence-corrected chi connectivity index (χ0v) is 11.5. The van der Waals surface area contributed by atoms with Gasteiger partial charge in [0.05, 0.1) is 6.61 Å². The van der Waals surface area contributed by atoms with Crippen LogP contribution in [-0.4, -0.2) is 43.0 Å². The van der Waals surface area contributed by atoms with E-state index < -0.39 is 0 Å². The Balaban J connectivity index is 2.04. The van der Waals surface area contributed by atoms with Crippen LogP contribution < -0.4 is 0 Å². The van der Waals surface area contributed by atoms with Crippen LogP contribution in [0.4, 0.5) is 0 Å². The van der Waals surface area contributed by atoms with E-state index in [1.807, 2.05) is 11.8 Å². The van der Waals surface area contributed by atoms with Gasteiger partial charge in [-0.1, -0.05) is 13.3 Å². The third kappa shape index (κ3) is 2.32. The molecule has 1 aliphatic carbocycles. The molecular formula is C13H22ClNO2. The van der Waals surface area contributed by atoms with Gasteiger partial charge in [0.1, 0.15) is 5.38 Å². The monoisotopic (exact) mass is 259 g/mol. The number of fused-ring (bicyclic) bond motifs is 1. The molecule has 2 rings (SSSR count). The quantitative estimate of drug-likeness (QED) is 0.725. The summed E-state index contributed by atoms with van der Waals surface area (Å²) >= 11 is 6.05. The van der Waals surface area contributed by atoms with E-state index in [1.54, 1.807) is 7.11 Å². The Morgan fingerprint density at radius 1 is 1.65 bits per heavy atom. The first kappa shape index (κ1) is 13.2. The maximum Gasteiger partial charge on any atom is 0.240 e. The largest absolute Gasteiger partial charge is 0.384 e. The van der Waals surface area contributed by atoms with Crippen molar-refractivity contribution in [1.29, 1.82) is 0 Å². The van der Waals surface area contributed by atoms with Crippen LogP contribution in [0.25, 0.3) is 0 Å². The number of hydrogen-bond donors (Lipinski definition) is 0. The lowest BCUT2D eigenvalue weighted by atomic mass is 9.82. The molecule has 0 aromatic carbocycles. The average Bonchev–Trinajstić information content (AvgIpc) is 2.83. The number of ether oxygens (including phenoxy) is 1. The Kier molecular flexibility index (Phi) is 3.99. The fraction of sp³-hybridized carbons (Fsp3) is 0.923. The molecule has 0 unspecified atom stereocenters. The summed E-state index contributed by atoms with van der Waals surface area (Å²) < 4.78 is 5.37. The van der Waals surface area contributed by atoms with E-state index in [0.717, 1.165) is 19.7 Å². The lowest BCUT2D eigenvalue weighted by Crippen LogP contribution is -2.38. The molecule has 0 aromatic rings. The van der Waals surface area contributed by atoms with Crippen LogP contribution >= 0.6 is 11.6 Å². The molecular weight excluding hydrogens is 238 g/mol. The Labute approximate surface area is 108 Å². The molecule has 3 atom stereocenters. The van der Waals surface area contributed by atoms with Gasteiger partial charge in [-0.2, -0.15) is 0 Å². The third-order valence-electron chi connectivity index (χ3n) is 4.41. The van der Waals surface area contributed by atoms with Gasteiger partial charge in [-0.3, -0.25) is 4.79 Å². The van der Waals surface area contributed by atoms with E-state index in [9.17, 15) is 4.79 Å². The van der Waals surface area contributed by atoms with E-state index in [2.05, 4.69) is 0 Å². The standard InChI is InChI=1S/C13H22ClNO2/c1-3-11(14)12(16)15-7-10-5-4-6-13(10,8-15)9-17-2/h10-11H,3-9H2,1-2H3/t10-,11+,13+/m1/s1. The lowest BCUT2D eigenvalue weighted by Gasteiger charge is -2.28. The zero-order chi connectivity index (χ0) is 12.5. The molecule has 2 fully saturated rings. The molecule has 2 aliphatic rings. The number of carbonyl (C=O) groups is 1. The molecule has 0 N–H and O–H groups in total. The highest BCUT2D eigenvalue weighted by Gasteiger charge is 2.50. The molecule has 3 nitrogen and oxygen atoms in total. The third-order valence-corrected chi connectivity index (χ3v) is 4.90. The SMILES string of the molecule is CC[C@H](Cl)C(=O)N1C[C@H]2CCC[C@@]2(COC)C1. The number of carbonyl (C=O) groups excluding carboxylic acids is 1. The predicted molar refractivity (Wildman–Crippen MR) is 68.2 cm³/mol. The van der Waals surface area contributed by atoms with Crippen molar-refractivity contribution < 1.29 is 9.53 Å². The number of methoxy groups -OCH3 is 1. The Morgan fingerprint density at radius 3 is 3.06 bits per heavy atom. The number of hydrogen-bond acceptors (Lipinski definition) is 2. The highest BCUT2D eigenvalue weighted by Crippen LogP contribution is 2.48. The van der Waals surface area contributed by atoms with Gasteiger partial charge in [-0.25, -0.2) is 0 Å². The molecule has 1 saturated heterocycles. The maximum atomic E-state index is 12.1. The van der Waals surface area contributed by atoms with E-state index in [1.165, 1.54) is 19.3 Å². The summed E-state index contributed by atoms with van der Waals surface area (Å²) in [5.74, 6) is 0.728. The average molecular weight is 260 g/mol. The molecule has 1 amide bonds. The van der Waals surface area contributed by atoms with Crippen LogP contribution in [0.5, 0.6) is 0 Å². The predicted octanol–water partition coefficient (Wildman–Crippen LogP) is 2.28. The second-order valence-corrected chi connectivity index (χ2v) is 6.01. The van der Waals surface area contributed by atoms with Gasteiger partial charge in [0, 0.05) is 25.6 Å². The molecule has 1 aliphatic heterocycles. The first-order valence-electron chi connectivity index (χ1n) is 6.55. The second-order valence-electron chi connectivity index (χ2n) is 5.48. The number of amides is 1. The number of halogens is 1. The minimum Gasteiger partial charge on any atom is -0.384 e. The molecule has 0 radical (unpaired) electrons. The normalized spacial score (nSPS) is 33.8. The summed E-state index contributed by atoms with van der Waals surface area (Å²) in [5.41, 5.74) is 0.217. The van der Waals surface area contributed by atoms with Crippen LogP contribution in [0.2, 0.25) is 0 Å². The van der Waals surface area contributed by atoms with Crippen molar-refractivity contribution in [2.75, 3.05) is 26.8 Å². The smallest absolute Gasteiger partial charge is 0.240 e. The van der Waals surface area contributed by atoms with Crippen molar-refractivity contribution >= 4 is 17.5 Å². The lowest BCUT2D eigenvalue weighted by molar-refractivity contribution is -0.130. The van der Waals surface area contributed by atoms with Crippen LogP contribution in [0, 0.1) is 11.3 Å². The van der Waals surface area contributed by atoms with Crippen LogP contribution in [0.1, 0.15) is 32.6 Å². The van der Waals surface area contributed by atoms with Crippen LogP contribution in [0.15, 0.2) is 0 Å². The second kappa shape index (κ2) is 5.15. The van der Waals surface area contributed by atoms with Crippen LogP contribution in [-0.2, 0) is 9.53 Å². The summed E-state index contributed by atoms with van der Waals surface area (Å²) in [6, 6.07) is 0. The van der Waals surface area contributed by atoms with Gasteiger partial charge < -0.3 is 9.64 Å². The Morgan fingerprint density at radius 2 is 2.41 bits per heavy atom. The minimum absolute atomic E-state index is 0.110. The fourth-order valence-electron chi connectivity index (χ4n) is 3.48. The Bertz CT molecular complexity index is 297. The van der Waals surface area contributed by atoms with Crippen molar-refractivity contribution in [2.24, 2.45) is 11.3 Å². The summed E-state index contributed by atoms with van der Waals surface area (Å²) in [6.07, 6.45) is 4.40. The molecule has 17 heavy (non-hydrogen) atoms. The molecule has 1 heterocycles. The molecule has 0 bridgehead atoms. The van der Waals surface area contributed by atoms with Crippen molar-refractivity contribution in [3.63, 3.8) is 0 Å². The van der Waals surface area contributed by atoms with Gasteiger partial charge in [0.15, 0.2) is 0 Å². The summed E-state index contributed by atoms with van der Waals surface area (Å²) in [6.45, 7) is 4.46. The van der Waals surface area contributed by atoms with Crippen molar-refractivity contribution in [2.45, 2.75) is 38.0 Å². The van der Waals surface area contributed by atoms with Crippen LogP contribution in [0.3, 0.4) is 0 Å². The highest BCUT2D eigenvalue weighted by atomic mass is 35.5. The van der Waals surface area contributed by atoms with E-state index in [4.69, 9.17) is 16.3 Å². The summed E-state index contributed by atoms with van der Waals surface area (Å²) in [5, 5.41) is -0.353. The molecule has 1 saturated carbocycles. The molecule has 4 heteroatoms. The number of likely N-dealkylation sites (tertiary alicyclic amines) is 1. The minimum atomic E-state index is -0.353. The van der Waals surface area contributed by atoms with Gasteiger partial charge in [-0.15, -0.1) is 11.6 Å².